The lowest BCUT2D eigenvalue weighted by molar-refractivity contribution is -0.133. The van der Waals surface area contributed by atoms with Crippen molar-refractivity contribution in [2.24, 2.45) is 0 Å². The van der Waals surface area contributed by atoms with Crippen LogP contribution >= 0.6 is 0 Å². The summed E-state index contributed by atoms with van der Waals surface area (Å²) in [6.45, 7) is 1.85. The van der Waals surface area contributed by atoms with Gasteiger partial charge in [0.15, 0.2) is 0 Å². The lowest BCUT2D eigenvalue weighted by Gasteiger charge is -2.38. The van der Waals surface area contributed by atoms with Gasteiger partial charge in [-0.25, -0.2) is 0 Å². The summed E-state index contributed by atoms with van der Waals surface area (Å²) >= 11 is 0. The first-order valence-corrected chi connectivity index (χ1v) is 7.64. The molecule has 2 aromatic rings. The van der Waals surface area contributed by atoms with Crippen LogP contribution in [0.3, 0.4) is 0 Å². The minimum absolute atomic E-state index is 0.00852. The van der Waals surface area contributed by atoms with Crippen molar-refractivity contribution >= 4 is 5.91 Å². The SMILES string of the molecule is CN(Cc1ccco1)C(=O)CN1CCCC(O)(c2cn[nH]n2)C1. The number of hydrogen-bond acceptors (Lipinski definition) is 6. The lowest BCUT2D eigenvalue weighted by atomic mass is 9.90. The quantitative estimate of drug-likeness (QED) is 0.824. The Hall–Kier alpha value is -2.19. The van der Waals surface area contributed by atoms with Crippen LogP contribution in [0, 0.1) is 0 Å². The highest BCUT2D eigenvalue weighted by Crippen LogP contribution is 2.29. The van der Waals surface area contributed by atoms with Gasteiger partial charge < -0.3 is 14.4 Å². The van der Waals surface area contributed by atoms with Crippen LogP contribution in [-0.4, -0.2) is 62.9 Å². The number of hydrogen-bond donors (Lipinski definition) is 2. The number of likely N-dealkylation sites (N-methyl/N-ethyl adjacent to an activating group) is 1. The summed E-state index contributed by atoms with van der Waals surface area (Å²) in [6.07, 6.45) is 4.55. The van der Waals surface area contributed by atoms with Gasteiger partial charge in [0.25, 0.3) is 0 Å². The van der Waals surface area contributed by atoms with Crippen molar-refractivity contribution in [3.05, 3.63) is 36.0 Å². The number of amides is 1. The molecule has 23 heavy (non-hydrogen) atoms. The van der Waals surface area contributed by atoms with Gasteiger partial charge in [-0.1, -0.05) is 0 Å². The number of nitrogens with one attached hydrogen (secondary N) is 1. The number of piperidine rings is 1. The van der Waals surface area contributed by atoms with E-state index in [1.54, 1.807) is 24.3 Å². The minimum atomic E-state index is -1.05. The average Bonchev–Trinajstić information content (AvgIpc) is 3.21. The van der Waals surface area contributed by atoms with Gasteiger partial charge in [0.1, 0.15) is 17.1 Å². The van der Waals surface area contributed by atoms with Gasteiger partial charge in [0.05, 0.1) is 25.5 Å². The van der Waals surface area contributed by atoms with Gasteiger partial charge in [0.2, 0.25) is 5.91 Å². The van der Waals surface area contributed by atoms with Crippen molar-refractivity contribution in [1.29, 1.82) is 0 Å². The summed E-state index contributed by atoms with van der Waals surface area (Å²) in [5, 5.41) is 21.0. The second-order valence-corrected chi connectivity index (χ2v) is 6.03. The van der Waals surface area contributed by atoms with Crippen molar-refractivity contribution in [1.82, 2.24) is 25.2 Å². The Kier molecular flexibility index (Phi) is 4.44. The molecule has 8 heteroatoms. The molecule has 1 fully saturated rings. The molecule has 0 radical (unpaired) electrons. The molecular weight excluding hydrogens is 298 g/mol. The van der Waals surface area contributed by atoms with Crippen LogP contribution in [-0.2, 0) is 16.9 Å². The second-order valence-electron chi connectivity index (χ2n) is 6.03. The van der Waals surface area contributed by atoms with Crippen LogP contribution < -0.4 is 0 Å². The van der Waals surface area contributed by atoms with E-state index in [0.29, 0.717) is 25.2 Å². The standard InChI is InChI=1S/C15H21N5O3/c1-19(9-12-4-2-7-23-12)14(21)10-20-6-3-5-15(22,11-20)13-8-16-18-17-13/h2,4,7-8,22H,3,5-6,9-11H2,1H3,(H,16,17,18). The fraction of sp³-hybridized carbons (Fsp3) is 0.533. The largest absolute Gasteiger partial charge is 0.467 e. The van der Waals surface area contributed by atoms with Gasteiger partial charge in [-0.2, -0.15) is 15.4 Å². The molecule has 1 aliphatic heterocycles. The zero-order chi connectivity index (χ0) is 16.3. The number of carbonyl (C=O) groups excluding carboxylic acids is 1. The summed E-state index contributed by atoms with van der Waals surface area (Å²) in [5.41, 5.74) is -0.524. The number of furan rings is 1. The third kappa shape index (κ3) is 3.59. The third-order valence-electron chi connectivity index (χ3n) is 4.20. The molecule has 1 atom stereocenters. The maximum absolute atomic E-state index is 12.4. The van der Waals surface area contributed by atoms with Crippen molar-refractivity contribution in [2.45, 2.75) is 25.0 Å². The molecule has 0 bridgehead atoms. The van der Waals surface area contributed by atoms with E-state index in [4.69, 9.17) is 4.42 Å². The summed E-state index contributed by atoms with van der Waals surface area (Å²) in [7, 11) is 1.75. The molecule has 3 rings (SSSR count). The Morgan fingerprint density at radius 3 is 3.17 bits per heavy atom. The maximum atomic E-state index is 12.4. The maximum Gasteiger partial charge on any atom is 0.236 e. The van der Waals surface area contributed by atoms with E-state index in [-0.39, 0.29) is 12.5 Å². The third-order valence-corrected chi connectivity index (χ3v) is 4.20. The number of aromatic nitrogens is 3. The number of aromatic amines is 1. The highest BCUT2D eigenvalue weighted by molar-refractivity contribution is 5.77. The molecule has 1 aliphatic rings. The molecule has 0 spiro atoms. The number of rotatable bonds is 5. The number of nitrogens with zero attached hydrogens (tertiary/aromatic N) is 4. The molecule has 0 aromatic carbocycles. The summed E-state index contributed by atoms with van der Waals surface area (Å²) in [6, 6.07) is 3.64. The van der Waals surface area contributed by atoms with E-state index in [1.165, 1.54) is 6.20 Å². The Labute approximate surface area is 134 Å². The molecule has 0 aliphatic carbocycles. The number of H-pyrrole nitrogens is 1. The molecule has 2 aromatic heterocycles. The molecular formula is C15H21N5O3. The topological polar surface area (TPSA) is 98.5 Å². The van der Waals surface area contributed by atoms with Gasteiger partial charge in [0, 0.05) is 13.6 Å². The second kappa shape index (κ2) is 6.51. The van der Waals surface area contributed by atoms with Crippen molar-refractivity contribution < 1.29 is 14.3 Å². The van der Waals surface area contributed by atoms with E-state index in [2.05, 4.69) is 15.4 Å². The number of likely N-dealkylation sites (tertiary alicyclic amines) is 1. The van der Waals surface area contributed by atoms with Crippen LogP contribution in [0.1, 0.15) is 24.3 Å². The Morgan fingerprint density at radius 1 is 1.61 bits per heavy atom. The average molecular weight is 319 g/mol. The Balaban J connectivity index is 1.58. The first-order valence-electron chi connectivity index (χ1n) is 7.64. The fourth-order valence-electron chi connectivity index (χ4n) is 2.93. The number of β-amino-alcohol motifs (C(OH)–C–C–N with tert-alkyl or cyclic N) is 1. The van der Waals surface area contributed by atoms with Crippen molar-refractivity contribution in [2.75, 3.05) is 26.7 Å². The van der Waals surface area contributed by atoms with E-state index < -0.39 is 5.60 Å². The van der Waals surface area contributed by atoms with Gasteiger partial charge in [-0.05, 0) is 31.5 Å². The van der Waals surface area contributed by atoms with Crippen LogP contribution in [0.15, 0.2) is 29.0 Å². The van der Waals surface area contributed by atoms with Crippen LogP contribution in [0.4, 0.5) is 0 Å². The van der Waals surface area contributed by atoms with Crippen LogP contribution in [0.5, 0.6) is 0 Å². The zero-order valence-corrected chi connectivity index (χ0v) is 13.1. The Bertz CT molecular complexity index is 628. The summed E-state index contributed by atoms with van der Waals surface area (Å²) < 4.78 is 5.26. The van der Waals surface area contributed by atoms with Crippen molar-refractivity contribution in [3.8, 4) is 0 Å². The van der Waals surface area contributed by atoms with Crippen LogP contribution in [0.2, 0.25) is 0 Å². The molecule has 2 N–H and O–H groups in total. The van der Waals surface area contributed by atoms with E-state index in [9.17, 15) is 9.90 Å². The predicted octanol–water partition coefficient (Wildman–Crippen LogP) is 0.340. The zero-order valence-electron chi connectivity index (χ0n) is 13.1. The highest BCUT2D eigenvalue weighted by Gasteiger charge is 2.37. The minimum Gasteiger partial charge on any atom is -0.467 e. The van der Waals surface area contributed by atoms with E-state index in [0.717, 1.165) is 18.7 Å². The normalized spacial score (nSPS) is 22.2. The monoisotopic (exact) mass is 319 g/mol. The lowest BCUT2D eigenvalue weighted by Crippen LogP contribution is -2.49. The van der Waals surface area contributed by atoms with Gasteiger partial charge >= 0.3 is 0 Å². The Morgan fingerprint density at radius 2 is 2.48 bits per heavy atom. The fourth-order valence-corrected chi connectivity index (χ4v) is 2.93. The first kappa shape index (κ1) is 15.7. The summed E-state index contributed by atoms with van der Waals surface area (Å²) in [4.78, 5) is 15.9. The number of carbonyl (C=O) groups is 1. The number of aliphatic hydroxyl groups is 1. The smallest absolute Gasteiger partial charge is 0.236 e. The predicted molar refractivity (Wildman–Crippen MR) is 81.1 cm³/mol. The summed E-state index contributed by atoms with van der Waals surface area (Å²) in [5.74, 6) is 0.740. The highest BCUT2D eigenvalue weighted by atomic mass is 16.3. The molecule has 8 nitrogen and oxygen atoms in total. The molecule has 3 heterocycles. The van der Waals surface area contributed by atoms with E-state index in [1.807, 2.05) is 11.0 Å². The van der Waals surface area contributed by atoms with Crippen molar-refractivity contribution in [3.63, 3.8) is 0 Å². The molecule has 1 unspecified atom stereocenters. The van der Waals surface area contributed by atoms with Gasteiger partial charge in [-0.15, -0.1) is 0 Å². The van der Waals surface area contributed by atoms with E-state index >= 15 is 0 Å². The van der Waals surface area contributed by atoms with Crippen LogP contribution in [0.25, 0.3) is 0 Å². The molecule has 124 valence electrons. The van der Waals surface area contributed by atoms with Gasteiger partial charge in [-0.3, -0.25) is 9.69 Å². The molecule has 1 saturated heterocycles. The molecule has 1 amide bonds. The molecule has 0 saturated carbocycles. The first-order chi connectivity index (χ1) is 11.1.